The fraction of sp³-hybridized carbons (Fsp3) is 0.571. The molecule has 1 N–H and O–H groups in total. The lowest BCUT2D eigenvalue weighted by Crippen LogP contribution is -2.21. The number of hydrogen-bond donors (Lipinski definition) is 1. The Morgan fingerprint density at radius 3 is 2.19 bits per heavy atom. The highest BCUT2D eigenvalue weighted by molar-refractivity contribution is 6.37. The quantitative estimate of drug-likeness (QED) is 0.684. The van der Waals surface area contributed by atoms with Gasteiger partial charge in [-0.15, -0.1) is 24.8 Å². The van der Waals surface area contributed by atoms with Gasteiger partial charge in [0, 0.05) is 6.54 Å². The van der Waals surface area contributed by atoms with E-state index in [0.717, 1.165) is 31.6 Å². The minimum atomic E-state index is 0. The summed E-state index contributed by atoms with van der Waals surface area (Å²) in [5.74, 6) is 0.571. The van der Waals surface area contributed by atoms with Crippen LogP contribution in [0.2, 0.25) is 10.0 Å². The fourth-order valence-corrected chi connectivity index (χ4v) is 2.39. The Hall–Kier alpha value is 0.1000. The molecule has 0 atom stereocenters. The monoisotopic (exact) mass is 376 g/mol. The van der Waals surface area contributed by atoms with Crippen molar-refractivity contribution in [2.75, 3.05) is 33.8 Å². The molecule has 0 amide bonds. The highest BCUT2D eigenvalue weighted by Crippen LogP contribution is 2.34. The largest absolute Gasteiger partial charge is 0.491 e. The van der Waals surface area contributed by atoms with Gasteiger partial charge in [0.1, 0.15) is 0 Å². The van der Waals surface area contributed by atoms with Gasteiger partial charge in [0.25, 0.3) is 0 Å². The van der Waals surface area contributed by atoms with Crippen LogP contribution >= 0.6 is 48.0 Å². The van der Waals surface area contributed by atoms with Gasteiger partial charge in [-0.1, -0.05) is 23.2 Å². The first kappa shape index (κ1) is 23.4. The first-order valence-corrected chi connectivity index (χ1v) is 7.26. The van der Waals surface area contributed by atoms with Crippen LogP contribution in [0.25, 0.3) is 0 Å². The Morgan fingerprint density at radius 1 is 1.14 bits per heavy atom. The second-order valence-electron chi connectivity index (χ2n) is 4.66. The zero-order valence-corrected chi connectivity index (χ0v) is 15.8. The van der Waals surface area contributed by atoms with Crippen molar-refractivity contribution in [3.8, 4) is 5.75 Å². The smallest absolute Gasteiger partial charge is 0.156 e. The van der Waals surface area contributed by atoms with Crippen molar-refractivity contribution in [3.63, 3.8) is 0 Å². The maximum Gasteiger partial charge on any atom is 0.156 e. The molecular weight excluding hydrogens is 354 g/mol. The zero-order valence-electron chi connectivity index (χ0n) is 12.6. The van der Waals surface area contributed by atoms with Crippen LogP contribution < -0.4 is 10.1 Å². The third-order valence-corrected chi connectivity index (χ3v) is 3.20. The molecule has 0 aliphatic rings. The number of ether oxygens (including phenoxy) is 1. The summed E-state index contributed by atoms with van der Waals surface area (Å²) in [6.45, 7) is 5.28. The average molecular weight is 378 g/mol. The molecule has 1 aromatic carbocycles. The lowest BCUT2D eigenvalue weighted by atomic mass is 10.2. The van der Waals surface area contributed by atoms with Crippen LogP contribution in [0.3, 0.4) is 0 Å². The molecule has 0 saturated heterocycles. The van der Waals surface area contributed by atoms with Crippen LogP contribution in [0.1, 0.15) is 18.9 Å². The molecule has 1 rings (SSSR count). The van der Waals surface area contributed by atoms with Crippen LogP contribution in [0.5, 0.6) is 5.75 Å². The lowest BCUT2D eigenvalue weighted by molar-refractivity contribution is 0.340. The Labute approximate surface area is 150 Å². The first-order valence-electron chi connectivity index (χ1n) is 6.50. The molecule has 21 heavy (non-hydrogen) atoms. The summed E-state index contributed by atoms with van der Waals surface area (Å²) in [6.07, 6.45) is 1.12. The van der Waals surface area contributed by atoms with Gasteiger partial charge in [0.15, 0.2) is 5.75 Å². The standard InChI is InChI=1S/C14H22Cl2N2O.2ClH/c1-4-19-14-12(15)8-11(9-13(14)16)10-17-6-5-7-18(2)3;;/h8-9,17H,4-7,10H2,1-3H3;2*1H. The molecule has 0 spiro atoms. The van der Waals surface area contributed by atoms with Gasteiger partial charge in [0.2, 0.25) is 0 Å². The van der Waals surface area contributed by atoms with Gasteiger partial charge in [-0.2, -0.15) is 0 Å². The van der Waals surface area contributed by atoms with Crippen LogP contribution in [0, 0.1) is 0 Å². The summed E-state index contributed by atoms with van der Waals surface area (Å²) >= 11 is 12.3. The van der Waals surface area contributed by atoms with E-state index in [0.29, 0.717) is 22.4 Å². The summed E-state index contributed by atoms with van der Waals surface area (Å²) in [5, 5.41) is 4.52. The molecule has 0 bridgehead atoms. The van der Waals surface area contributed by atoms with Crippen molar-refractivity contribution in [1.29, 1.82) is 0 Å². The molecule has 0 heterocycles. The lowest BCUT2D eigenvalue weighted by Gasteiger charge is -2.12. The van der Waals surface area contributed by atoms with E-state index in [9.17, 15) is 0 Å². The van der Waals surface area contributed by atoms with Gasteiger partial charge in [0.05, 0.1) is 16.7 Å². The highest BCUT2D eigenvalue weighted by atomic mass is 35.5. The van der Waals surface area contributed by atoms with Gasteiger partial charge in [-0.05, 0) is 58.2 Å². The summed E-state index contributed by atoms with van der Waals surface area (Å²) in [7, 11) is 4.15. The van der Waals surface area contributed by atoms with Crippen molar-refractivity contribution < 1.29 is 4.74 Å². The topological polar surface area (TPSA) is 24.5 Å². The number of benzene rings is 1. The SMILES string of the molecule is CCOc1c(Cl)cc(CNCCCN(C)C)cc1Cl.Cl.Cl. The van der Waals surface area contributed by atoms with Crippen molar-refractivity contribution in [3.05, 3.63) is 27.7 Å². The van der Waals surface area contributed by atoms with Gasteiger partial charge < -0.3 is 15.0 Å². The van der Waals surface area contributed by atoms with E-state index in [2.05, 4.69) is 24.3 Å². The Kier molecular flexibility index (Phi) is 14.0. The molecule has 1 aromatic rings. The minimum Gasteiger partial charge on any atom is -0.491 e. The number of nitrogens with one attached hydrogen (secondary N) is 1. The minimum absolute atomic E-state index is 0. The second-order valence-corrected chi connectivity index (χ2v) is 5.47. The van der Waals surface area contributed by atoms with Crippen LogP contribution in [-0.4, -0.2) is 38.7 Å². The van der Waals surface area contributed by atoms with E-state index >= 15 is 0 Å². The van der Waals surface area contributed by atoms with E-state index in [1.165, 1.54) is 0 Å². The van der Waals surface area contributed by atoms with Crippen molar-refractivity contribution in [2.24, 2.45) is 0 Å². The molecule has 3 nitrogen and oxygen atoms in total. The number of hydrogen-bond acceptors (Lipinski definition) is 3. The van der Waals surface area contributed by atoms with Crippen LogP contribution in [0.15, 0.2) is 12.1 Å². The molecule has 0 saturated carbocycles. The van der Waals surface area contributed by atoms with Crippen LogP contribution in [-0.2, 0) is 6.54 Å². The molecule has 0 fully saturated rings. The van der Waals surface area contributed by atoms with Gasteiger partial charge >= 0.3 is 0 Å². The molecule has 0 aliphatic carbocycles. The molecule has 0 radical (unpaired) electrons. The van der Waals surface area contributed by atoms with Crippen molar-refractivity contribution in [2.45, 2.75) is 19.9 Å². The molecular formula is C14H24Cl4N2O. The Bertz CT molecular complexity index is 380. The third kappa shape index (κ3) is 8.97. The van der Waals surface area contributed by atoms with Crippen LogP contribution in [0.4, 0.5) is 0 Å². The van der Waals surface area contributed by atoms with Crippen molar-refractivity contribution in [1.82, 2.24) is 10.2 Å². The zero-order chi connectivity index (χ0) is 14.3. The van der Waals surface area contributed by atoms with Crippen molar-refractivity contribution >= 4 is 48.0 Å². The van der Waals surface area contributed by atoms with E-state index in [1.54, 1.807) is 0 Å². The molecule has 0 aliphatic heterocycles. The van der Waals surface area contributed by atoms with E-state index in [1.807, 2.05) is 19.1 Å². The van der Waals surface area contributed by atoms with E-state index in [-0.39, 0.29) is 24.8 Å². The maximum atomic E-state index is 6.15. The van der Waals surface area contributed by atoms with Gasteiger partial charge in [-0.3, -0.25) is 0 Å². The number of rotatable bonds is 8. The number of nitrogens with zero attached hydrogens (tertiary/aromatic N) is 1. The summed E-state index contributed by atoms with van der Waals surface area (Å²) in [5.41, 5.74) is 1.07. The molecule has 7 heteroatoms. The molecule has 0 aromatic heterocycles. The average Bonchev–Trinajstić information content (AvgIpc) is 2.33. The summed E-state index contributed by atoms with van der Waals surface area (Å²) < 4.78 is 5.40. The molecule has 124 valence electrons. The van der Waals surface area contributed by atoms with E-state index in [4.69, 9.17) is 27.9 Å². The Morgan fingerprint density at radius 2 is 1.71 bits per heavy atom. The molecule has 0 unspecified atom stereocenters. The van der Waals surface area contributed by atoms with Gasteiger partial charge in [-0.25, -0.2) is 0 Å². The highest BCUT2D eigenvalue weighted by Gasteiger charge is 2.08. The normalized spacial score (nSPS) is 10.0. The second kappa shape index (κ2) is 12.6. The predicted octanol–water partition coefficient (Wildman–Crippen LogP) is 4.28. The number of halogens is 4. The van der Waals surface area contributed by atoms with E-state index < -0.39 is 0 Å². The summed E-state index contributed by atoms with van der Waals surface area (Å²) in [6, 6.07) is 3.80. The third-order valence-electron chi connectivity index (χ3n) is 2.63. The maximum absolute atomic E-state index is 6.15. The Balaban J connectivity index is 0. The summed E-state index contributed by atoms with van der Waals surface area (Å²) in [4.78, 5) is 2.17. The predicted molar refractivity (Wildman–Crippen MR) is 97.0 cm³/mol. The first-order chi connectivity index (χ1) is 9.04. The fourth-order valence-electron chi connectivity index (χ4n) is 1.75.